The molecule has 1 saturated carbocycles. The molecule has 0 amide bonds. The van der Waals surface area contributed by atoms with Crippen molar-refractivity contribution in [3.63, 3.8) is 0 Å². The lowest BCUT2D eigenvalue weighted by molar-refractivity contribution is -0.151. The van der Waals surface area contributed by atoms with Gasteiger partial charge in [0, 0.05) is 13.1 Å². The van der Waals surface area contributed by atoms with Gasteiger partial charge in [0.2, 0.25) is 10.0 Å². The maximum atomic E-state index is 12.8. The monoisotopic (exact) mass is 423 g/mol. The summed E-state index contributed by atoms with van der Waals surface area (Å²) < 4.78 is 37.8. The van der Waals surface area contributed by atoms with Crippen molar-refractivity contribution in [2.24, 2.45) is 17.3 Å². The Labute approximate surface area is 174 Å². The first-order chi connectivity index (χ1) is 13.7. The number of nitrogens with zero attached hydrogens (tertiary/aromatic N) is 1. The molecule has 1 aliphatic carbocycles. The number of sulfonamides is 1. The van der Waals surface area contributed by atoms with Gasteiger partial charge < -0.3 is 9.47 Å². The van der Waals surface area contributed by atoms with E-state index in [0.29, 0.717) is 37.8 Å². The maximum absolute atomic E-state index is 12.8. The van der Waals surface area contributed by atoms with Crippen LogP contribution >= 0.6 is 0 Å². The second-order valence-electron chi connectivity index (χ2n) is 9.19. The summed E-state index contributed by atoms with van der Waals surface area (Å²) in [6, 6.07) is 6.69. The molecule has 2 fully saturated rings. The Hall–Kier alpha value is -1.44. The van der Waals surface area contributed by atoms with Crippen LogP contribution in [0.5, 0.6) is 0 Å². The van der Waals surface area contributed by atoms with Crippen molar-refractivity contribution in [3.05, 3.63) is 29.8 Å². The Morgan fingerprint density at radius 3 is 2.41 bits per heavy atom. The van der Waals surface area contributed by atoms with Crippen LogP contribution in [-0.4, -0.2) is 45.0 Å². The summed E-state index contributed by atoms with van der Waals surface area (Å²) in [6.45, 7) is 8.42. The van der Waals surface area contributed by atoms with Crippen molar-refractivity contribution in [3.8, 4) is 0 Å². The number of morpholine rings is 1. The number of ether oxygens (including phenoxy) is 2. The van der Waals surface area contributed by atoms with Crippen LogP contribution in [0.15, 0.2) is 29.2 Å². The third kappa shape index (κ3) is 5.58. The van der Waals surface area contributed by atoms with Gasteiger partial charge in [-0.25, -0.2) is 8.42 Å². The van der Waals surface area contributed by atoms with Gasteiger partial charge in [0.25, 0.3) is 0 Å². The Balaban J connectivity index is 1.56. The lowest BCUT2D eigenvalue weighted by Crippen LogP contribution is -2.40. The molecule has 1 aliphatic heterocycles. The molecule has 0 unspecified atom stereocenters. The normalized spacial score (nSPS) is 24.2. The quantitative estimate of drug-likeness (QED) is 0.677. The van der Waals surface area contributed by atoms with E-state index < -0.39 is 10.0 Å². The van der Waals surface area contributed by atoms with Gasteiger partial charge in [-0.15, -0.1) is 0 Å². The topological polar surface area (TPSA) is 72.9 Å². The summed E-state index contributed by atoms with van der Waals surface area (Å²) in [6.07, 6.45) is 3.84. The maximum Gasteiger partial charge on any atom is 0.309 e. The predicted molar refractivity (Wildman–Crippen MR) is 111 cm³/mol. The van der Waals surface area contributed by atoms with Crippen LogP contribution in [0.1, 0.15) is 52.0 Å². The minimum atomic E-state index is -3.55. The van der Waals surface area contributed by atoms with Gasteiger partial charge >= 0.3 is 5.97 Å². The summed E-state index contributed by atoms with van der Waals surface area (Å²) in [4.78, 5) is 12.7. The number of hydrogen-bond acceptors (Lipinski definition) is 5. The lowest BCUT2D eigenvalue weighted by atomic mass is 9.70. The zero-order chi connectivity index (χ0) is 21.1. The molecular weight excluding hydrogens is 390 g/mol. The summed E-state index contributed by atoms with van der Waals surface area (Å²) in [5, 5.41) is 0. The van der Waals surface area contributed by atoms with Gasteiger partial charge in [0.15, 0.2) is 0 Å². The molecule has 0 spiro atoms. The number of hydrogen-bond donors (Lipinski definition) is 0. The van der Waals surface area contributed by atoms with E-state index in [9.17, 15) is 13.2 Å². The molecular formula is C22H33NO5S. The minimum Gasteiger partial charge on any atom is -0.461 e. The summed E-state index contributed by atoms with van der Waals surface area (Å²) in [5.74, 6) is 0.432. The van der Waals surface area contributed by atoms with Gasteiger partial charge in [-0.1, -0.05) is 32.9 Å². The molecule has 0 N–H and O–H groups in total. The van der Waals surface area contributed by atoms with Gasteiger partial charge in [-0.3, -0.25) is 4.79 Å². The highest BCUT2D eigenvalue weighted by Gasteiger charge is 2.33. The summed E-state index contributed by atoms with van der Waals surface area (Å²) in [7, 11) is -3.55. The van der Waals surface area contributed by atoms with E-state index in [-0.39, 0.29) is 28.8 Å². The standard InChI is InChI=1S/C22H33NO5S/c1-22(2,3)19-9-7-18(8-10-19)21(24)28-16-17-5-4-6-20(15-17)29(25,26)23-11-13-27-14-12-23/h4-6,15,18-19H,7-14,16H2,1-3H3. The van der Waals surface area contributed by atoms with Crippen molar-refractivity contribution < 1.29 is 22.7 Å². The third-order valence-electron chi connectivity index (χ3n) is 6.17. The fourth-order valence-electron chi connectivity index (χ4n) is 4.20. The molecule has 0 bridgehead atoms. The van der Waals surface area contributed by atoms with E-state index >= 15 is 0 Å². The van der Waals surface area contributed by atoms with Crippen molar-refractivity contribution in [2.45, 2.75) is 58.0 Å². The molecule has 7 heteroatoms. The zero-order valence-corrected chi connectivity index (χ0v) is 18.5. The van der Waals surface area contributed by atoms with Crippen LogP contribution in [-0.2, 0) is 30.9 Å². The second-order valence-corrected chi connectivity index (χ2v) is 11.1. The minimum absolute atomic E-state index is 0.0473. The molecule has 0 aromatic heterocycles. The van der Waals surface area contributed by atoms with E-state index in [2.05, 4.69) is 20.8 Å². The fraction of sp³-hybridized carbons (Fsp3) is 0.682. The largest absolute Gasteiger partial charge is 0.461 e. The van der Waals surface area contributed by atoms with Crippen molar-refractivity contribution >= 4 is 16.0 Å². The highest BCUT2D eigenvalue weighted by Crippen LogP contribution is 2.40. The molecule has 3 rings (SSSR count). The van der Waals surface area contributed by atoms with Gasteiger partial charge in [0.1, 0.15) is 6.61 Å². The molecule has 2 aliphatic rings. The Bertz CT molecular complexity index is 801. The van der Waals surface area contributed by atoms with Crippen molar-refractivity contribution in [2.75, 3.05) is 26.3 Å². The SMILES string of the molecule is CC(C)(C)C1CCC(C(=O)OCc2cccc(S(=O)(=O)N3CCOCC3)c2)CC1. The Morgan fingerprint density at radius 1 is 1.14 bits per heavy atom. The molecule has 1 aromatic rings. The highest BCUT2D eigenvalue weighted by atomic mass is 32.2. The highest BCUT2D eigenvalue weighted by molar-refractivity contribution is 7.89. The Morgan fingerprint density at radius 2 is 1.79 bits per heavy atom. The molecule has 1 saturated heterocycles. The fourth-order valence-corrected chi connectivity index (χ4v) is 5.68. The predicted octanol–water partition coefficient (Wildman–Crippen LogP) is 3.60. The molecule has 1 aromatic carbocycles. The van der Waals surface area contributed by atoms with E-state index in [1.54, 1.807) is 24.3 Å². The summed E-state index contributed by atoms with van der Waals surface area (Å²) in [5.41, 5.74) is 0.970. The third-order valence-corrected chi connectivity index (χ3v) is 8.07. The second kappa shape index (κ2) is 9.14. The first-order valence-electron chi connectivity index (χ1n) is 10.5. The van der Waals surface area contributed by atoms with Crippen LogP contribution in [0.25, 0.3) is 0 Å². The summed E-state index contributed by atoms with van der Waals surface area (Å²) >= 11 is 0. The molecule has 162 valence electrons. The lowest BCUT2D eigenvalue weighted by Gasteiger charge is -2.36. The molecule has 0 radical (unpaired) electrons. The first-order valence-corrected chi connectivity index (χ1v) is 12.0. The van der Waals surface area contributed by atoms with Crippen LogP contribution in [0.2, 0.25) is 0 Å². The molecule has 6 nitrogen and oxygen atoms in total. The molecule has 0 atom stereocenters. The van der Waals surface area contributed by atoms with Gasteiger partial charge in [-0.2, -0.15) is 4.31 Å². The molecule has 29 heavy (non-hydrogen) atoms. The van der Waals surface area contributed by atoms with Crippen LogP contribution in [0.4, 0.5) is 0 Å². The first kappa shape index (κ1) is 22.2. The zero-order valence-electron chi connectivity index (χ0n) is 17.7. The van der Waals surface area contributed by atoms with Gasteiger partial charge in [-0.05, 0) is 54.7 Å². The smallest absolute Gasteiger partial charge is 0.309 e. The average Bonchev–Trinajstić information content (AvgIpc) is 2.72. The number of esters is 1. The molecule has 1 heterocycles. The van der Waals surface area contributed by atoms with E-state index in [1.807, 2.05) is 0 Å². The number of rotatable bonds is 5. The van der Waals surface area contributed by atoms with Crippen LogP contribution in [0, 0.1) is 17.3 Å². The number of carbonyl (C=O) groups is 1. The van der Waals surface area contributed by atoms with Crippen LogP contribution < -0.4 is 0 Å². The van der Waals surface area contributed by atoms with E-state index in [4.69, 9.17) is 9.47 Å². The van der Waals surface area contributed by atoms with Gasteiger partial charge in [0.05, 0.1) is 24.0 Å². The van der Waals surface area contributed by atoms with E-state index in [1.165, 1.54) is 4.31 Å². The number of benzene rings is 1. The van der Waals surface area contributed by atoms with Crippen LogP contribution in [0.3, 0.4) is 0 Å². The average molecular weight is 424 g/mol. The van der Waals surface area contributed by atoms with E-state index in [0.717, 1.165) is 25.7 Å². The van der Waals surface area contributed by atoms with Crippen molar-refractivity contribution in [1.29, 1.82) is 0 Å². The number of carbonyl (C=O) groups excluding carboxylic acids is 1. The van der Waals surface area contributed by atoms with Crippen molar-refractivity contribution in [1.82, 2.24) is 4.31 Å². The Kier molecular flexibility index (Phi) is 7.02.